The molecule has 0 radical (unpaired) electrons. The summed E-state index contributed by atoms with van der Waals surface area (Å²) in [4.78, 5) is 10.2. The average Bonchev–Trinajstić information content (AvgIpc) is 2.40. The van der Waals surface area contributed by atoms with Gasteiger partial charge in [-0.15, -0.1) is 0 Å². The van der Waals surface area contributed by atoms with E-state index in [1.54, 1.807) is 12.1 Å². The summed E-state index contributed by atoms with van der Waals surface area (Å²) in [5.41, 5.74) is 1.70. The van der Waals surface area contributed by atoms with Crippen LogP contribution in [0.15, 0.2) is 46.9 Å². The third-order valence-corrected chi connectivity index (χ3v) is 3.65. The van der Waals surface area contributed by atoms with Crippen LogP contribution in [0.1, 0.15) is 12.5 Å². The number of anilines is 1. The van der Waals surface area contributed by atoms with Gasteiger partial charge in [-0.05, 0) is 53.0 Å². The predicted molar refractivity (Wildman–Crippen MR) is 84.0 cm³/mol. The number of nitro benzene ring substituents is 1. The molecule has 0 saturated heterocycles. The quantitative estimate of drug-likeness (QED) is 0.634. The number of rotatable bonds is 5. The Morgan fingerprint density at radius 1 is 1.33 bits per heavy atom. The highest BCUT2D eigenvalue weighted by Gasteiger charge is 2.11. The Hall–Kier alpha value is -1.95. The minimum Gasteiger partial charge on any atom is -0.381 e. The van der Waals surface area contributed by atoms with E-state index in [1.165, 1.54) is 24.3 Å². The van der Waals surface area contributed by atoms with Gasteiger partial charge in [0, 0.05) is 28.3 Å². The summed E-state index contributed by atoms with van der Waals surface area (Å²) in [6.07, 6.45) is 0.654. The van der Waals surface area contributed by atoms with Crippen LogP contribution in [0.5, 0.6) is 0 Å². The molecule has 2 aromatic rings. The van der Waals surface area contributed by atoms with Crippen LogP contribution in [0.4, 0.5) is 15.8 Å². The van der Waals surface area contributed by atoms with Crippen LogP contribution in [-0.2, 0) is 6.42 Å². The summed E-state index contributed by atoms with van der Waals surface area (Å²) < 4.78 is 13.8. The zero-order valence-corrected chi connectivity index (χ0v) is 12.9. The van der Waals surface area contributed by atoms with Crippen molar-refractivity contribution in [3.05, 3.63) is 68.4 Å². The molecule has 21 heavy (non-hydrogen) atoms. The first-order chi connectivity index (χ1) is 9.95. The minimum atomic E-state index is -0.440. The fourth-order valence-corrected chi connectivity index (χ4v) is 2.55. The van der Waals surface area contributed by atoms with Gasteiger partial charge in [0.15, 0.2) is 0 Å². The molecule has 1 N–H and O–H groups in total. The standard InChI is InChI=1S/C15H14BrFN2O2/c1-10(7-11-3-2-4-12(17)8-11)18-15-6-5-13(19(20)21)9-14(15)16/h2-6,8-10,18H,7H2,1H3. The highest BCUT2D eigenvalue weighted by atomic mass is 79.9. The monoisotopic (exact) mass is 352 g/mol. The third kappa shape index (κ3) is 4.26. The molecule has 1 atom stereocenters. The molecule has 0 aromatic heterocycles. The molecule has 1 unspecified atom stereocenters. The Bertz CT molecular complexity index is 664. The Balaban J connectivity index is 2.06. The number of nitrogens with zero attached hydrogens (tertiary/aromatic N) is 1. The van der Waals surface area contributed by atoms with Crippen molar-refractivity contribution in [2.24, 2.45) is 0 Å². The lowest BCUT2D eigenvalue weighted by Crippen LogP contribution is -2.18. The first kappa shape index (κ1) is 15.4. The van der Waals surface area contributed by atoms with Gasteiger partial charge >= 0.3 is 0 Å². The van der Waals surface area contributed by atoms with E-state index in [9.17, 15) is 14.5 Å². The van der Waals surface area contributed by atoms with E-state index in [0.717, 1.165) is 11.3 Å². The zero-order chi connectivity index (χ0) is 15.4. The van der Waals surface area contributed by atoms with Crippen molar-refractivity contribution in [2.45, 2.75) is 19.4 Å². The largest absolute Gasteiger partial charge is 0.381 e. The lowest BCUT2D eigenvalue weighted by atomic mass is 10.1. The van der Waals surface area contributed by atoms with Gasteiger partial charge in [0.1, 0.15) is 5.82 Å². The topological polar surface area (TPSA) is 55.2 Å². The van der Waals surface area contributed by atoms with Crippen LogP contribution in [0.3, 0.4) is 0 Å². The van der Waals surface area contributed by atoms with Crippen molar-refractivity contribution >= 4 is 27.3 Å². The van der Waals surface area contributed by atoms with Crippen molar-refractivity contribution in [1.82, 2.24) is 0 Å². The second-order valence-electron chi connectivity index (χ2n) is 4.80. The summed E-state index contributed by atoms with van der Waals surface area (Å²) in [6, 6.07) is 11.1. The third-order valence-electron chi connectivity index (χ3n) is 3.00. The van der Waals surface area contributed by atoms with Gasteiger partial charge in [-0.3, -0.25) is 10.1 Å². The molecule has 6 heteroatoms. The molecule has 2 aromatic carbocycles. The number of hydrogen-bond acceptors (Lipinski definition) is 3. The Morgan fingerprint density at radius 2 is 2.10 bits per heavy atom. The van der Waals surface area contributed by atoms with Crippen molar-refractivity contribution in [2.75, 3.05) is 5.32 Å². The molecule has 0 fully saturated rings. The number of hydrogen-bond donors (Lipinski definition) is 1. The molecular weight excluding hydrogens is 339 g/mol. The maximum Gasteiger partial charge on any atom is 0.270 e. The van der Waals surface area contributed by atoms with E-state index < -0.39 is 4.92 Å². The maximum atomic E-state index is 13.1. The molecule has 0 heterocycles. The fraction of sp³-hybridized carbons (Fsp3) is 0.200. The van der Waals surface area contributed by atoms with E-state index in [-0.39, 0.29) is 17.5 Å². The molecule has 0 bridgehead atoms. The molecule has 110 valence electrons. The van der Waals surface area contributed by atoms with Crippen LogP contribution in [0, 0.1) is 15.9 Å². The highest BCUT2D eigenvalue weighted by Crippen LogP contribution is 2.27. The van der Waals surface area contributed by atoms with Gasteiger partial charge in [0.25, 0.3) is 5.69 Å². The maximum absolute atomic E-state index is 13.1. The van der Waals surface area contributed by atoms with Crippen molar-refractivity contribution in [1.29, 1.82) is 0 Å². The molecule has 2 rings (SSSR count). The van der Waals surface area contributed by atoms with E-state index in [2.05, 4.69) is 21.2 Å². The second kappa shape index (κ2) is 6.67. The van der Waals surface area contributed by atoms with Crippen LogP contribution >= 0.6 is 15.9 Å². The number of nitro groups is 1. The lowest BCUT2D eigenvalue weighted by Gasteiger charge is -2.16. The van der Waals surface area contributed by atoms with Gasteiger partial charge < -0.3 is 5.32 Å². The van der Waals surface area contributed by atoms with Gasteiger partial charge in [0.2, 0.25) is 0 Å². The van der Waals surface area contributed by atoms with Gasteiger partial charge in [-0.25, -0.2) is 4.39 Å². The molecule has 0 amide bonds. The van der Waals surface area contributed by atoms with E-state index in [1.807, 2.05) is 13.0 Å². The van der Waals surface area contributed by atoms with Crippen LogP contribution < -0.4 is 5.32 Å². The Morgan fingerprint density at radius 3 is 2.71 bits per heavy atom. The molecule has 0 saturated carbocycles. The average molecular weight is 353 g/mol. The second-order valence-corrected chi connectivity index (χ2v) is 5.66. The normalized spacial score (nSPS) is 12.0. The molecule has 0 spiro atoms. The molecule has 0 aliphatic heterocycles. The summed E-state index contributed by atoms with van der Waals surface area (Å²) in [5, 5.41) is 13.9. The van der Waals surface area contributed by atoms with Crippen LogP contribution in [0.2, 0.25) is 0 Å². The van der Waals surface area contributed by atoms with Crippen LogP contribution in [-0.4, -0.2) is 11.0 Å². The van der Waals surface area contributed by atoms with E-state index in [0.29, 0.717) is 10.9 Å². The lowest BCUT2D eigenvalue weighted by molar-refractivity contribution is -0.384. The molecule has 0 aliphatic rings. The first-order valence-electron chi connectivity index (χ1n) is 6.40. The Kier molecular flexibility index (Phi) is 4.90. The summed E-state index contributed by atoms with van der Waals surface area (Å²) in [5.74, 6) is -0.254. The first-order valence-corrected chi connectivity index (χ1v) is 7.20. The number of benzene rings is 2. The van der Waals surface area contributed by atoms with Crippen molar-refractivity contribution in [3.8, 4) is 0 Å². The van der Waals surface area contributed by atoms with Gasteiger partial charge in [-0.2, -0.15) is 0 Å². The van der Waals surface area contributed by atoms with E-state index in [4.69, 9.17) is 0 Å². The van der Waals surface area contributed by atoms with Crippen LogP contribution in [0.25, 0.3) is 0 Å². The summed E-state index contributed by atoms with van der Waals surface area (Å²) in [6.45, 7) is 1.97. The highest BCUT2D eigenvalue weighted by molar-refractivity contribution is 9.10. The SMILES string of the molecule is CC(Cc1cccc(F)c1)Nc1ccc([N+](=O)[O-])cc1Br. The molecule has 4 nitrogen and oxygen atoms in total. The van der Waals surface area contributed by atoms with Gasteiger partial charge in [-0.1, -0.05) is 12.1 Å². The van der Waals surface area contributed by atoms with Crippen molar-refractivity contribution < 1.29 is 9.31 Å². The van der Waals surface area contributed by atoms with Gasteiger partial charge in [0.05, 0.1) is 4.92 Å². The summed E-state index contributed by atoms with van der Waals surface area (Å²) >= 11 is 3.31. The van der Waals surface area contributed by atoms with E-state index >= 15 is 0 Å². The van der Waals surface area contributed by atoms with Crippen molar-refractivity contribution in [3.63, 3.8) is 0 Å². The fourth-order valence-electron chi connectivity index (χ4n) is 2.07. The molecular formula is C15H14BrFN2O2. The predicted octanol–water partition coefficient (Wildman–Crippen LogP) is 4.54. The number of halogens is 2. The summed E-state index contributed by atoms with van der Waals surface area (Å²) in [7, 11) is 0. The minimum absolute atomic E-state index is 0.0326. The number of nitrogens with one attached hydrogen (secondary N) is 1. The Labute approximate surface area is 130 Å². The number of non-ortho nitro benzene ring substituents is 1. The molecule has 0 aliphatic carbocycles. The zero-order valence-electron chi connectivity index (χ0n) is 11.3. The smallest absolute Gasteiger partial charge is 0.270 e.